The fourth-order valence-corrected chi connectivity index (χ4v) is 3.07. The molecule has 0 unspecified atom stereocenters. The molecule has 0 bridgehead atoms. The van der Waals surface area contributed by atoms with Crippen LogP contribution in [0.1, 0.15) is 12.6 Å². The predicted molar refractivity (Wildman–Crippen MR) is 83.4 cm³/mol. The Hall–Kier alpha value is -1.95. The molecule has 1 aromatic carbocycles. The molecule has 0 radical (unpaired) electrons. The highest BCUT2D eigenvalue weighted by Gasteiger charge is 2.19. The quantitative estimate of drug-likeness (QED) is 0.752. The number of hydrogen-bond acceptors (Lipinski definition) is 4. The van der Waals surface area contributed by atoms with E-state index in [0.29, 0.717) is 5.95 Å². The lowest BCUT2D eigenvalue weighted by atomic mass is 10.3. The lowest BCUT2D eigenvalue weighted by Crippen LogP contribution is -2.05. The number of aromatic nitrogens is 4. The van der Waals surface area contributed by atoms with E-state index in [1.54, 1.807) is 11.8 Å². The molecule has 104 valence electrons. The first-order valence-electron chi connectivity index (χ1n) is 6.50. The lowest BCUT2D eigenvalue weighted by Gasteiger charge is -2.10. The summed E-state index contributed by atoms with van der Waals surface area (Å²) in [7, 11) is 1.93. The highest BCUT2D eigenvalue weighted by molar-refractivity contribution is 7.98. The number of nitrogen functional groups attached to an aromatic ring is 1. The van der Waals surface area contributed by atoms with Gasteiger partial charge in [-0.25, -0.2) is 9.67 Å². The fourth-order valence-electron chi connectivity index (χ4n) is 2.49. The Morgan fingerprint density at radius 2 is 2.05 bits per heavy atom. The minimum absolute atomic E-state index is 0.504. The number of hydrogen-bond donors (Lipinski definition) is 1. The maximum atomic E-state index is 6.15. The summed E-state index contributed by atoms with van der Waals surface area (Å²) in [5, 5.41) is 4.52. The van der Waals surface area contributed by atoms with Crippen molar-refractivity contribution in [3.63, 3.8) is 0 Å². The minimum Gasteiger partial charge on any atom is -0.369 e. The molecule has 0 aliphatic rings. The van der Waals surface area contributed by atoms with Crippen molar-refractivity contribution in [2.75, 3.05) is 12.0 Å². The molecule has 0 amide bonds. The maximum absolute atomic E-state index is 6.15. The Labute approximate surface area is 121 Å². The molecule has 0 spiro atoms. The van der Waals surface area contributed by atoms with Crippen molar-refractivity contribution >= 4 is 28.9 Å². The summed E-state index contributed by atoms with van der Waals surface area (Å²) in [5.41, 5.74) is 10.0. The number of aryl methyl sites for hydroxylation is 2. The summed E-state index contributed by atoms with van der Waals surface area (Å²) >= 11 is 1.70. The van der Waals surface area contributed by atoms with Crippen molar-refractivity contribution < 1.29 is 0 Å². The minimum atomic E-state index is 0.504. The van der Waals surface area contributed by atoms with Crippen LogP contribution in [0.3, 0.4) is 0 Å². The second kappa shape index (κ2) is 4.86. The number of thioether (sulfide) groups is 1. The summed E-state index contributed by atoms with van der Waals surface area (Å²) in [5.74, 6) is 0.504. The number of rotatable bonds is 3. The molecule has 0 aliphatic carbocycles. The van der Waals surface area contributed by atoms with Gasteiger partial charge in [-0.1, -0.05) is 19.1 Å². The Bertz CT molecular complexity index is 771. The van der Waals surface area contributed by atoms with E-state index in [-0.39, 0.29) is 0 Å². The van der Waals surface area contributed by atoms with Crippen LogP contribution in [0.15, 0.2) is 29.2 Å². The molecule has 0 atom stereocenters. The molecule has 20 heavy (non-hydrogen) atoms. The van der Waals surface area contributed by atoms with Crippen LogP contribution in [0.25, 0.3) is 16.9 Å². The van der Waals surface area contributed by atoms with Crippen LogP contribution in [0, 0.1) is 0 Å². The molecule has 3 aromatic rings. The zero-order valence-corrected chi connectivity index (χ0v) is 12.6. The standard InChI is InChI=1S/C14H17N5S/c1-4-9-12-13(18(2)17-9)19(14(15)16-12)10-7-5-6-8-11(10)20-3/h5-8H,4H2,1-3H3,(H2,15,16). The first-order chi connectivity index (χ1) is 9.67. The van der Waals surface area contributed by atoms with Gasteiger partial charge in [-0.05, 0) is 24.8 Å². The highest BCUT2D eigenvalue weighted by atomic mass is 32.2. The molecule has 0 aliphatic heterocycles. The van der Waals surface area contributed by atoms with Crippen LogP contribution in [-0.4, -0.2) is 25.6 Å². The molecule has 6 heteroatoms. The van der Waals surface area contributed by atoms with E-state index in [2.05, 4.69) is 35.4 Å². The maximum Gasteiger partial charge on any atom is 0.207 e. The van der Waals surface area contributed by atoms with Gasteiger partial charge in [0.05, 0.1) is 11.4 Å². The van der Waals surface area contributed by atoms with Gasteiger partial charge in [0.25, 0.3) is 0 Å². The largest absolute Gasteiger partial charge is 0.369 e. The third-order valence-electron chi connectivity index (χ3n) is 3.39. The lowest BCUT2D eigenvalue weighted by molar-refractivity contribution is 0.750. The van der Waals surface area contributed by atoms with Crippen LogP contribution >= 0.6 is 11.8 Å². The van der Waals surface area contributed by atoms with Gasteiger partial charge in [0.1, 0.15) is 5.52 Å². The summed E-state index contributed by atoms with van der Waals surface area (Å²) in [4.78, 5) is 5.67. The second-order valence-corrected chi connectivity index (χ2v) is 5.42. The average Bonchev–Trinajstić information content (AvgIpc) is 2.95. The third-order valence-corrected chi connectivity index (χ3v) is 4.18. The smallest absolute Gasteiger partial charge is 0.207 e. The Balaban J connectivity index is 2.36. The third kappa shape index (κ3) is 1.79. The molecular weight excluding hydrogens is 270 g/mol. The van der Waals surface area contributed by atoms with Gasteiger partial charge in [-0.2, -0.15) is 5.10 Å². The van der Waals surface area contributed by atoms with Crippen molar-refractivity contribution in [1.82, 2.24) is 19.3 Å². The molecule has 2 aromatic heterocycles. The number of anilines is 1. The van der Waals surface area contributed by atoms with Crippen LogP contribution in [0.2, 0.25) is 0 Å². The topological polar surface area (TPSA) is 61.7 Å². The van der Waals surface area contributed by atoms with Crippen molar-refractivity contribution in [3.05, 3.63) is 30.0 Å². The zero-order chi connectivity index (χ0) is 14.3. The predicted octanol–water partition coefficient (Wildman–Crippen LogP) is 2.63. The van der Waals surface area contributed by atoms with Gasteiger partial charge in [-0.15, -0.1) is 11.8 Å². The van der Waals surface area contributed by atoms with Crippen LogP contribution in [0.4, 0.5) is 5.95 Å². The molecule has 2 N–H and O–H groups in total. The monoisotopic (exact) mass is 287 g/mol. The first kappa shape index (κ1) is 13.1. The second-order valence-electron chi connectivity index (χ2n) is 4.57. The summed E-state index contributed by atoms with van der Waals surface area (Å²) in [6.07, 6.45) is 2.90. The molecule has 0 fully saturated rings. The van der Waals surface area contributed by atoms with Crippen molar-refractivity contribution in [2.45, 2.75) is 18.2 Å². The molecule has 0 saturated heterocycles. The van der Waals surface area contributed by atoms with E-state index in [1.807, 2.05) is 28.4 Å². The Morgan fingerprint density at radius 1 is 1.30 bits per heavy atom. The van der Waals surface area contributed by atoms with Crippen molar-refractivity contribution in [1.29, 1.82) is 0 Å². The van der Waals surface area contributed by atoms with Gasteiger partial charge in [-0.3, -0.25) is 4.57 Å². The number of fused-ring (bicyclic) bond motifs is 1. The number of para-hydroxylation sites is 1. The first-order valence-corrected chi connectivity index (χ1v) is 7.73. The summed E-state index contributed by atoms with van der Waals surface area (Å²) in [6.45, 7) is 2.08. The van der Waals surface area contributed by atoms with Crippen LogP contribution in [0.5, 0.6) is 0 Å². The van der Waals surface area contributed by atoms with Gasteiger partial charge in [0.15, 0.2) is 5.65 Å². The summed E-state index contributed by atoms with van der Waals surface area (Å²) < 4.78 is 3.84. The SMILES string of the molecule is CCc1nn(C)c2c1nc(N)n2-c1ccccc1SC. The van der Waals surface area contributed by atoms with Gasteiger partial charge in [0.2, 0.25) is 5.95 Å². The van der Waals surface area contributed by atoms with Gasteiger partial charge >= 0.3 is 0 Å². The molecule has 0 saturated carbocycles. The number of nitrogens with two attached hydrogens (primary N) is 1. The average molecular weight is 287 g/mol. The van der Waals surface area contributed by atoms with Gasteiger partial charge < -0.3 is 5.73 Å². The number of nitrogens with zero attached hydrogens (tertiary/aromatic N) is 4. The molecule has 3 rings (SSSR count). The Kier molecular flexibility index (Phi) is 3.17. The number of imidazole rings is 1. The van der Waals surface area contributed by atoms with E-state index < -0.39 is 0 Å². The van der Waals surface area contributed by atoms with E-state index in [1.165, 1.54) is 0 Å². The van der Waals surface area contributed by atoms with Crippen LogP contribution in [-0.2, 0) is 13.5 Å². The van der Waals surface area contributed by atoms with Crippen LogP contribution < -0.4 is 5.73 Å². The zero-order valence-electron chi connectivity index (χ0n) is 11.8. The fraction of sp³-hybridized carbons (Fsp3) is 0.286. The molecule has 2 heterocycles. The van der Waals surface area contributed by atoms with Gasteiger partial charge in [0, 0.05) is 11.9 Å². The van der Waals surface area contributed by atoms with E-state index >= 15 is 0 Å². The summed E-state index contributed by atoms with van der Waals surface area (Å²) in [6, 6.07) is 8.18. The van der Waals surface area contributed by atoms with Crippen molar-refractivity contribution in [2.24, 2.45) is 7.05 Å². The van der Waals surface area contributed by atoms with E-state index in [0.717, 1.165) is 33.9 Å². The van der Waals surface area contributed by atoms with E-state index in [9.17, 15) is 0 Å². The number of benzene rings is 1. The van der Waals surface area contributed by atoms with Crippen molar-refractivity contribution in [3.8, 4) is 5.69 Å². The normalized spacial score (nSPS) is 11.3. The molecular formula is C14H17N5S. The molecule has 5 nitrogen and oxygen atoms in total. The van der Waals surface area contributed by atoms with E-state index in [4.69, 9.17) is 5.73 Å². The highest BCUT2D eigenvalue weighted by Crippen LogP contribution is 2.30. The Morgan fingerprint density at radius 3 is 2.75 bits per heavy atom.